The van der Waals surface area contributed by atoms with Crippen molar-refractivity contribution >= 4 is 27.5 Å². The number of rotatable bonds is 10. The molecule has 0 fully saturated rings. The van der Waals surface area contributed by atoms with Crippen LogP contribution in [0.4, 0.5) is 0 Å². The van der Waals surface area contributed by atoms with E-state index < -0.39 is 16.1 Å². The molecule has 6 nitrogen and oxygen atoms in total. The molecule has 0 heterocycles. The zero-order chi connectivity index (χ0) is 21.4. The van der Waals surface area contributed by atoms with E-state index in [0.717, 1.165) is 12.0 Å². The molecule has 29 heavy (non-hydrogen) atoms. The van der Waals surface area contributed by atoms with E-state index in [1.807, 2.05) is 30.3 Å². The van der Waals surface area contributed by atoms with Crippen LogP contribution in [0.1, 0.15) is 38.8 Å². The highest BCUT2D eigenvalue weighted by Gasteiger charge is 2.20. The maximum Gasteiger partial charge on any atom is 0.257 e. The van der Waals surface area contributed by atoms with Gasteiger partial charge in [0.1, 0.15) is 5.75 Å². The van der Waals surface area contributed by atoms with E-state index in [4.69, 9.17) is 16.3 Å². The van der Waals surface area contributed by atoms with E-state index in [2.05, 4.69) is 23.9 Å². The van der Waals surface area contributed by atoms with Crippen molar-refractivity contribution in [2.75, 3.05) is 13.2 Å². The Morgan fingerprint density at radius 2 is 1.79 bits per heavy atom. The number of hydrogen-bond acceptors (Lipinski definition) is 4. The van der Waals surface area contributed by atoms with E-state index in [1.54, 1.807) is 6.92 Å². The second-order valence-electron chi connectivity index (χ2n) is 7.17. The number of nitrogens with one attached hydrogen (secondary N) is 2. The van der Waals surface area contributed by atoms with Crippen molar-refractivity contribution in [2.45, 2.75) is 38.1 Å². The van der Waals surface area contributed by atoms with E-state index >= 15 is 0 Å². The zero-order valence-corrected chi connectivity index (χ0v) is 18.4. The normalized spacial score (nSPS) is 12.6. The summed E-state index contributed by atoms with van der Waals surface area (Å²) in [6.45, 7) is 6.31. The van der Waals surface area contributed by atoms with Crippen molar-refractivity contribution in [2.24, 2.45) is 5.92 Å². The van der Waals surface area contributed by atoms with Gasteiger partial charge in [-0.1, -0.05) is 55.8 Å². The van der Waals surface area contributed by atoms with Crippen molar-refractivity contribution < 1.29 is 17.9 Å². The number of hydrogen-bond donors (Lipinski definition) is 2. The topological polar surface area (TPSA) is 84.5 Å². The molecule has 0 aromatic heterocycles. The molecule has 158 valence electrons. The smallest absolute Gasteiger partial charge is 0.257 e. The summed E-state index contributed by atoms with van der Waals surface area (Å²) in [4.78, 5) is 11.8. The van der Waals surface area contributed by atoms with Crippen molar-refractivity contribution in [3.63, 3.8) is 0 Å². The van der Waals surface area contributed by atoms with Crippen molar-refractivity contribution in [3.8, 4) is 5.75 Å². The summed E-state index contributed by atoms with van der Waals surface area (Å²) >= 11 is 6.17. The number of ether oxygens (including phenoxy) is 1. The van der Waals surface area contributed by atoms with E-state index in [1.165, 1.54) is 18.2 Å². The molecule has 2 aromatic carbocycles. The van der Waals surface area contributed by atoms with Crippen LogP contribution in [0.3, 0.4) is 0 Å². The van der Waals surface area contributed by atoms with Gasteiger partial charge in [-0.25, -0.2) is 13.1 Å². The van der Waals surface area contributed by atoms with Crippen LogP contribution < -0.4 is 14.8 Å². The Bertz CT molecular complexity index is 918. The number of carbonyl (C=O) groups is 1. The van der Waals surface area contributed by atoms with Gasteiger partial charge >= 0.3 is 0 Å². The molecule has 0 saturated carbocycles. The average Bonchev–Trinajstić information content (AvgIpc) is 2.67. The van der Waals surface area contributed by atoms with Crippen LogP contribution in [0.2, 0.25) is 5.02 Å². The molecule has 0 spiro atoms. The molecule has 0 bridgehead atoms. The summed E-state index contributed by atoms with van der Waals surface area (Å²) < 4.78 is 33.3. The van der Waals surface area contributed by atoms with Gasteiger partial charge in [0.15, 0.2) is 6.61 Å². The fourth-order valence-corrected chi connectivity index (χ4v) is 4.13. The standard InChI is InChI=1S/C21H27ClN2O4S/c1-15(2)11-12-23-21(25)14-28-20-10-9-18(13-19(20)22)29(26,27)24-16(3)17-7-5-4-6-8-17/h4-10,13,15-16,24H,11-12,14H2,1-3H3,(H,23,25)/t16-/m1/s1. The first-order valence-corrected chi connectivity index (χ1v) is 11.3. The SMILES string of the molecule is CC(C)CCNC(=O)COc1ccc(S(=O)(=O)N[C@H](C)c2ccccc2)cc1Cl. The molecule has 8 heteroatoms. The van der Waals surface area contributed by atoms with Crippen LogP contribution in [0, 0.1) is 5.92 Å². The first kappa shape index (κ1) is 23.2. The predicted molar refractivity (Wildman–Crippen MR) is 115 cm³/mol. The Morgan fingerprint density at radius 3 is 2.41 bits per heavy atom. The number of carbonyl (C=O) groups excluding carboxylic acids is 1. The quantitative estimate of drug-likeness (QED) is 0.588. The third-order valence-electron chi connectivity index (χ3n) is 4.25. The van der Waals surface area contributed by atoms with Crippen molar-refractivity contribution in [1.82, 2.24) is 10.0 Å². The van der Waals surface area contributed by atoms with Crippen LogP contribution in [-0.2, 0) is 14.8 Å². The summed E-state index contributed by atoms with van der Waals surface area (Å²) in [6, 6.07) is 13.0. The fourth-order valence-electron chi connectivity index (χ4n) is 2.57. The van der Waals surface area contributed by atoms with Gasteiger partial charge in [0.2, 0.25) is 10.0 Å². The maximum atomic E-state index is 12.6. The number of sulfonamides is 1. The molecule has 0 aliphatic carbocycles. The lowest BCUT2D eigenvalue weighted by molar-refractivity contribution is -0.123. The Kier molecular flexibility index (Phi) is 8.49. The highest BCUT2D eigenvalue weighted by atomic mass is 35.5. The Labute approximate surface area is 177 Å². The number of benzene rings is 2. The maximum absolute atomic E-state index is 12.6. The minimum atomic E-state index is -3.77. The molecule has 0 aliphatic rings. The number of halogens is 1. The molecule has 2 rings (SSSR count). The Balaban J connectivity index is 1.98. The molecule has 2 aromatic rings. The summed E-state index contributed by atoms with van der Waals surface area (Å²) in [6.07, 6.45) is 0.882. The third kappa shape index (κ3) is 7.34. The summed E-state index contributed by atoms with van der Waals surface area (Å²) in [5.74, 6) is 0.496. The van der Waals surface area contributed by atoms with Crippen LogP contribution in [-0.4, -0.2) is 27.5 Å². The van der Waals surface area contributed by atoms with Gasteiger partial charge in [0.25, 0.3) is 5.91 Å². The first-order chi connectivity index (χ1) is 13.7. The molecule has 2 N–H and O–H groups in total. The molecule has 0 aliphatic heterocycles. The Morgan fingerprint density at radius 1 is 1.10 bits per heavy atom. The van der Waals surface area contributed by atoms with Gasteiger partial charge in [0.05, 0.1) is 9.92 Å². The van der Waals surface area contributed by atoms with Crippen molar-refractivity contribution in [3.05, 3.63) is 59.1 Å². The van der Waals surface area contributed by atoms with E-state index in [-0.39, 0.29) is 28.2 Å². The predicted octanol–water partition coefficient (Wildman–Crippen LogP) is 3.92. The molecular formula is C21H27ClN2O4S. The van der Waals surface area contributed by atoms with Crippen molar-refractivity contribution in [1.29, 1.82) is 0 Å². The molecule has 0 saturated heterocycles. The molecule has 0 radical (unpaired) electrons. The lowest BCUT2D eigenvalue weighted by Gasteiger charge is -2.15. The largest absolute Gasteiger partial charge is 0.482 e. The molecule has 1 amide bonds. The van der Waals surface area contributed by atoms with Gasteiger partial charge < -0.3 is 10.1 Å². The van der Waals surface area contributed by atoms with Crippen LogP contribution >= 0.6 is 11.6 Å². The average molecular weight is 439 g/mol. The van der Waals surface area contributed by atoms with Crippen LogP contribution in [0.5, 0.6) is 5.75 Å². The lowest BCUT2D eigenvalue weighted by atomic mass is 10.1. The lowest BCUT2D eigenvalue weighted by Crippen LogP contribution is -2.30. The fraction of sp³-hybridized carbons (Fsp3) is 0.381. The first-order valence-electron chi connectivity index (χ1n) is 9.45. The summed E-state index contributed by atoms with van der Waals surface area (Å²) in [5, 5.41) is 2.88. The second kappa shape index (κ2) is 10.6. The molecular weight excluding hydrogens is 412 g/mol. The van der Waals surface area contributed by atoms with Gasteiger partial charge in [-0.05, 0) is 43.0 Å². The van der Waals surface area contributed by atoms with Gasteiger partial charge in [-0.15, -0.1) is 0 Å². The third-order valence-corrected chi connectivity index (χ3v) is 6.08. The monoisotopic (exact) mass is 438 g/mol. The number of amides is 1. The van der Waals surface area contributed by atoms with E-state index in [0.29, 0.717) is 12.5 Å². The molecule has 1 atom stereocenters. The van der Waals surface area contributed by atoms with Gasteiger partial charge in [-0.2, -0.15) is 0 Å². The second-order valence-corrected chi connectivity index (χ2v) is 9.29. The van der Waals surface area contributed by atoms with Gasteiger partial charge in [0, 0.05) is 12.6 Å². The van der Waals surface area contributed by atoms with Gasteiger partial charge in [-0.3, -0.25) is 4.79 Å². The minimum absolute atomic E-state index is 0.0269. The summed E-state index contributed by atoms with van der Waals surface area (Å²) in [5.41, 5.74) is 0.852. The zero-order valence-electron chi connectivity index (χ0n) is 16.8. The van der Waals surface area contributed by atoms with Crippen LogP contribution in [0.25, 0.3) is 0 Å². The molecule has 0 unspecified atom stereocenters. The highest BCUT2D eigenvalue weighted by Crippen LogP contribution is 2.28. The summed E-state index contributed by atoms with van der Waals surface area (Å²) in [7, 11) is -3.77. The van der Waals surface area contributed by atoms with E-state index in [9.17, 15) is 13.2 Å². The van der Waals surface area contributed by atoms with Crippen LogP contribution in [0.15, 0.2) is 53.4 Å². The highest BCUT2D eigenvalue weighted by molar-refractivity contribution is 7.89. The Hall–Kier alpha value is -2.09. The minimum Gasteiger partial charge on any atom is -0.482 e.